The Morgan fingerprint density at radius 3 is 2.71 bits per heavy atom. The molecule has 0 unspecified atom stereocenters. The van der Waals surface area contributed by atoms with Gasteiger partial charge in [0.2, 0.25) is 5.88 Å². The quantitative estimate of drug-likeness (QED) is 0.533. The molecular weight excluding hydrogens is 408 g/mol. The Morgan fingerprint density at radius 1 is 1.03 bits per heavy atom. The molecule has 3 heterocycles. The van der Waals surface area contributed by atoms with Crippen LogP contribution in [0.4, 0.5) is 0 Å². The van der Waals surface area contributed by atoms with Crippen molar-refractivity contribution in [1.29, 1.82) is 0 Å². The first kappa shape index (κ1) is 20.4. The lowest BCUT2D eigenvalue weighted by atomic mass is 9.98. The van der Waals surface area contributed by atoms with E-state index >= 15 is 0 Å². The Morgan fingerprint density at radius 2 is 1.87 bits per heavy atom. The summed E-state index contributed by atoms with van der Waals surface area (Å²) in [6.07, 6.45) is 11.1. The molecule has 0 spiro atoms. The van der Waals surface area contributed by atoms with Crippen LogP contribution in [0.1, 0.15) is 48.9 Å². The Labute approximate surface area is 188 Å². The molecule has 3 aromatic rings. The van der Waals surface area contributed by atoms with Crippen molar-refractivity contribution >= 4 is 11.6 Å². The van der Waals surface area contributed by atoms with E-state index in [-0.39, 0.29) is 0 Å². The SMILES string of the molecule is Clc1ccc(-c2ncc3c(n2)CCN(Cc2cccnc2OC2CCCCC2)C3)cc1. The molecule has 6 heteroatoms. The molecule has 5 nitrogen and oxygen atoms in total. The van der Waals surface area contributed by atoms with Gasteiger partial charge >= 0.3 is 0 Å². The minimum Gasteiger partial charge on any atom is -0.474 e. The minimum atomic E-state index is 0.309. The molecule has 1 fully saturated rings. The molecule has 0 amide bonds. The highest BCUT2D eigenvalue weighted by Crippen LogP contribution is 2.27. The number of nitrogens with zero attached hydrogens (tertiary/aromatic N) is 4. The predicted octanol–water partition coefficient (Wildman–Crippen LogP) is 5.46. The van der Waals surface area contributed by atoms with Gasteiger partial charge in [-0.25, -0.2) is 15.0 Å². The summed E-state index contributed by atoms with van der Waals surface area (Å²) in [5, 5.41) is 0.722. The van der Waals surface area contributed by atoms with E-state index < -0.39 is 0 Å². The number of aromatic nitrogens is 3. The number of rotatable bonds is 5. The van der Waals surface area contributed by atoms with Gasteiger partial charge in [-0.15, -0.1) is 0 Å². The van der Waals surface area contributed by atoms with E-state index in [2.05, 4.69) is 20.9 Å². The van der Waals surface area contributed by atoms with E-state index in [1.165, 1.54) is 24.8 Å². The molecule has 1 saturated carbocycles. The third-order valence-corrected chi connectivity index (χ3v) is 6.44. The summed E-state index contributed by atoms with van der Waals surface area (Å²) in [5.74, 6) is 1.56. The lowest BCUT2D eigenvalue weighted by Crippen LogP contribution is -2.31. The molecule has 0 saturated heterocycles. The molecule has 0 N–H and O–H groups in total. The summed E-state index contributed by atoms with van der Waals surface area (Å²) >= 11 is 6.00. The van der Waals surface area contributed by atoms with Crippen LogP contribution in [0.2, 0.25) is 5.02 Å². The average Bonchev–Trinajstić information content (AvgIpc) is 2.81. The van der Waals surface area contributed by atoms with E-state index in [0.29, 0.717) is 6.10 Å². The number of pyridine rings is 1. The van der Waals surface area contributed by atoms with Crippen molar-refractivity contribution in [2.24, 2.45) is 0 Å². The topological polar surface area (TPSA) is 51.1 Å². The third kappa shape index (κ3) is 4.89. The molecule has 1 aliphatic heterocycles. The lowest BCUT2D eigenvalue weighted by molar-refractivity contribution is 0.143. The van der Waals surface area contributed by atoms with Crippen molar-refractivity contribution in [2.75, 3.05) is 6.54 Å². The van der Waals surface area contributed by atoms with Gasteiger partial charge in [0.05, 0.1) is 5.69 Å². The minimum absolute atomic E-state index is 0.309. The molecule has 2 aliphatic rings. The molecular formula is C25H27ClN4O. The second kappa shape index (κ2) is 9.33. The second-order valence-corrected chi connectivity index (χ2v) is 8.92. The second-order valence-electron chi connectivity index (χ2n) is 8.48. The highest BCUT2D eigenvalue weighted by Gasteiger charge is 2.22. The number of fused-ring (bicyclic) bond motifs is 1. The fourth-order valence-electron chi connectivity index (χ4n) is 4.48. The van der Waals surface area contributed by atoms with E-state index in [9.17, 15) is 0 Å². The van der Waals surface area contributed by atoms with Crippen LogP contribution in [0, 0.1) is 0 Å². The fraction of sp³-hybridized carbons (Fsp3) is 0.400. The molecule has 0 bridgehead atoms. The number of benzene rings is 1. The first-order chi connectivity index (χ1) is 15.2. The maximum Gasteiger partial charge on any atom is 0.218 e. The summed E-state index contributed by atoms with van der Waals surface area (Å²) in [6.45, 7) is 2.63. The Kier molecular flexibility index (Phi) is 6.14. The molecule has 31 heavy (non-hydrogen) atoms. The van der Waals surface area contributed by atoms with Gasteiger partial charge in [0.15, 0.2) is 5.82 Å². The largest absolute Gasteiger partial charge is 0.474 e. The van der Waals surface area contributed by atoms with E-state index in [4.69, 9.17) is 21.3 Å². The molecule has 160 valence electrons. The van der Waals surface area contributed by atoms with Gasteiger partial charge in [0, 0.05) is 60.2 Å². The lowest BCUT2D eigenvalue weighted by Gasteiger charge is -2.29. The summed E-state index contributed by atoms with van der Waals surface area (Å²) in [7, 11) is 0. The molecule has 0 radical (unpaired) electrons. The van der Waals surface area contributed by atoms with Crippen molar-refractivity contribution in [2.45, 2.75) is 57.7 Å². The van der Waals surface area contributed by atoms with Crippen LogP contribution in [0.25, 0.3) is 11.4 Å². The van der Waals surface area contributed by atoms with Crippen molar-refractivity contribution < 1.29 is 4.74 Å². The van der Waals surface area contributed by atoms with Crippen LogP contribution in [0.5, 0.6) is 5.88 Å². The van der Waals surface area contributed by atoms with Crippen LogP contribution >= 0.6 is 11.6 Å². The van der Waals surface area contributed by atoms with Crippen LogP contribution in [-0.2, 0) is 19.5 Å². The normalized spacial score (nSPS) is 17.3. The summed E-state index contributed by atoms with van der Waals surface area (Å²) in [6, 6.07) is 11.8. The number of halogens is 1. The molecule has 1 aromatic carbocycles. The predicted molar refractivity (Wildman–Crippen MR) is 122 cm³/mol. The zero-order valence-electron chi connectivity index (χ0n) is 17.6. The molecule has 5 rings (SSSR count). The van der Waals surface area contributed by atoms with Crippen molar-refractivity contribution in [1.82, 2.24) is 19.9 Å². The van der Waals surface area contributed by atoms with Crippen molar-refractivity contribution in [3.8, 4) is 17.3 Å². The van der Waals surface area contributed by atoms with Gasteiger partial charge in [-0.3, -0.25) is 4.90 Å². The summed E-state index contributed by atoms with van der Waals surface area (Å²) in [5.41, 5.74) is 4.49. The highest BCUT2D eigenvalue weighted by molar-refractivity contribution is 6.30. The number of hydrogen-bond donors (Lipinski definition) is 0. The number of ether oxygens (including phenoxy) is 1. The van der Waals surface area contributed by atoms with Crippen LogP contribution in [0.15, 0.2) is 48.8 Å². The Balaban J connectivity index is 1.28. The molecule has 2 aromatic heterocycles. The zero-order chi connectivity index (χ0) is 21.0. The van der Waals surface area contributed by atoms with E-state index in [0.717, 1.165) is 72.4 Å². The summed E-state index contributed by atoms with van der Waals surface area (Å²) < 4.78 is 6.30. The smallest absolute Gasteiger partial charge is 0.218 e. The summed E-state index contributed by atoms with van der Waals surface area (Å²) in [4.78, 5) is 16.4. The first-order valence-electron chi connectivity index (χ1n) is 11.2. The molecule has 0 atom stereocenters. The highest BCUT2D eigenvalue weighted by atomic mass is 35.5. The number of hydrogen-bond acceptors (Lipinski definition) is 5. The maximum absolute atomic E-state index is 6.30. The average molecular weight is 435 g/mol. The zero-order valence-corrected chi connectivity index (χ0v) is 18.4. The van der Waals surface area contributed by atoms with Crippen molar-refractivity contribution in [3.05, 3.63) is 70.6 Å². The Bertz CT molecular complexity index is 1030. The van der Waals surface area contributed by atoms with Gasteiger partial charge < -0.3 is 4.74 Å². The van der Waals surface area contributed by atoms with Gasteiger partial charge in [-0.05, 0) is 56.0 Å². The first-order valence-corrected chi connectivity index (χ1v) is 11.6. The van der Waals surface area contributed by atoms with Gasteiger partial charge in [-0.1, -0.05) is 24.1 Å². The van der Waals surface area contributed by atoms with Gasteiger partial charge in [-0.2, -0.15) is 0 Å². The van der Waals surface area contributed by atoms with Gasteiger partial charge in [0.25, 0.3) is 0 Å². The fourth-order valence-corrected chi connectivity index (χ4v) is 4.61. The van der Waals surface area contributed by atoms with Crippen LogP contribution < -0.4 is 4.74 Å². The molecule has 1 aliphatic carbocycles. The van der Waals surface area contributed by atoms with E-state index in [1.807, 2.05) is 42.7 Å². The monoisotopic (exact) mass is 434 g/mol. The van der Waals surface area contributed by atoms with Gasteiger partial charge in [0.1, 0.15) is 6.10 Å². The maximum atomic E-state index is 6.30. The van der Waals surface area contributed by atoms with Crippen molar-refractivity contribution in [3.63, 3.8) is 0 Å². The van der Waals surface area contributed by atoms with Crippen LogP contribution in [-0.4, -0.2) is 32.5 Å². The van der Waals surface area contributed by atoms with Crippen LogP contribution in [0.3, 0.4) is 0 Å². The Hall–Kier alpha value is -2.50. The van der Waals surface area contributed by atoms with E-state index in [1.54, 1.807) is 0 Å². The third-order valence-electron chi connectivity index (χ3n) is 6.19. The standard InChI is InChI=1S/C25H27ClN4O/c26-21-10-8-18(9-11-21)24-28-15-20-17-30(14-12-23(20)29-24)16-19-5-4-13-27-25(19)31-22-6-2-1-3-7-22/h4-5,8-11,13,15,22H,1-3,6-7,12,14,16-17H2.